The summed E-state index contributed by atoms with van der Waals surface area (Å²) in [6.45, 7) is 0.776. The predicted molar refractivity (Wildman–Crippen MR) is 99.0 cm³/mol. The number of rotatable bonds is 5. The quantitative estimate of drug-likeness (QED) is 0.680. The number of alkyl halides is 5. The first-order valence-electron chi connectivity index (χ1n) is 9.19. The van der Waals surface area contributed by atoms with Crippen LogP contribution in [0.1, 0.15) is 28.9 Å². The number of hydrogen-bond acceptors (Lipinski definition) is 7. The Hall–Kier alpha value is -3.09. The highest BCUT2D eigenvalue weighted by atomic mass is 19.4. The third-order valence-corrected chi connectivity index (χ3v) is 4.60. The lowest BCUT2D eigenvalue weighted by molar-refractivity contribution is -0.274. The molecule has 8 nitrogen and oxygen atoms in total. The van der Waals surface area contributed by atoms with Crippen molar-refractivity contribution >= 4 is 17.7 Å². The number of hydrogen-bond donors (Lipinski definition) is 2. The maximum Gasteiger partial charge on any atom is 0.573 e. The second-order valence-electron chi connectivity index (χ2n) is 6.99. The molecule has 13 heteroatoms. The standard InChI is InChI=1S/C18H19F5N6O2/c1-10-8-26-16(27-13-6-12(3-5-25-13)31-18(21,22)23)28-14(10)15(30)29-9-17(19,20)4-2-11(29)7-24/h3,5-6,8,11H,2,4,7,9,24H2,1H3,(H,25,26,27,28)/t11-/m1/s1. The fourth-order valence-electron chi connectivity index (χ4n) is 3.12. The van der Waals surface area contributed by atoms with Crippen molar-refractivity contribution in [1.82, 2.24) is 19.9 Å². The number of aromatic nitrogens is 3. The van der Waals surface area contributed by atoms with Crippen LogP contribution in [-0.2, 0) is 0 Å². The number of piperidine rings is 1. The van der Waals surface area contributed by atoms with Crippen LogP contribution < -0.4 is 15.8 Å². The molecule has 0 aliphatic carbocycles. The minimum Gasteiger partial charge on any atom is -0.406 e. The second kappa shape index (κ2) is 8.57. The Morgan fingerprint density at radius 3 is 2.81 bits per heavy atom. The molecule has 0 radical (unpaired) electrons. The summed E-state index contributed by atoms with van der Waals surface area (Å²) >= 11 is 0. The van der Waals surface area contributed by atoms with E-state index in [-0.39, 0.29) is 36.8 Å². The van der Waals surface area contributed by atoms with Crippen LogP contribution in [0.2, 0.25) is 0 Å². The first kappa shape index (κ1) is 22.6. The Bertz CT molecular complexity index is 955. The van der Waals surface area contributed by atoms with Crippen LogP contribution in [0.5, 0.6) is 5.75 Å². The minimum absolute atomic E-state index is 0.0208. The van der Waals surface area contributed by atoms with Gasteiger partial charge in [-0.05, 0) is 25.0 Å². The molecule has 0 unspecified atom stereocenters. The van der Waals surface area contributed by atoms with Crippen LogP contribution in [0.4, 0.5) is 33.7 Å². The number of likely N-dealkylation sites (tertiary alicyclic amines) is 1. The van der Waals surface area contributed by atoms with Crippen molar-refractivity contribution in [2.24, 2.45) is 5.73 Å². The monoisotopic (exact) mass is 446 g/mol. The number of nitrogens with two attached hydrogens (primary N) is 1. The Morgan fingerprint density at radius 2 is 2.13 bits per heavy atom. The molecule has 1 aliphatic heterocycles. The molecule has 168 valence electrons. The third kappa shape index (κ3) is 5.75. The van der Waals surface area contributed by atoms with E-state index in [4.69, 9.17) is 5.73 Å². The summed E-state index contributed by atoms with van der Waals surface area (Å²) in [5.41, 5.74) is 5.85. The largest absolute Gasteiger partial charge is 0.573 e. The van der Waals surface area contributed by atoms with Gasteiger partial charge in [-0.15, -0.1) is 13.2 Å². The van der Waals surface area contributed by atoms with Crippen molar-refractivity contribution in [3.63, 3.8) is 0 Å². The maximum atomic E-state index is 13.9. The van der Waals surface area contributed by atoms with Gasteiger partial charge in [0, 0.05) is 37.5 Å². The summed E-state index contributed by atoms with van der Waals surface area (Å²) in [7, 11) is 0. The van der Waals surface area contributed by atoms with E-state index in [1.54, 1.807) is 0 Å². The SMILES string of the molecule is Cc1cnc(Nc2cc(OC(F)(F)F)ccn2)nc1C(=O)N1CC(F)(F)CC[C@@H]1CN. The highest BCUT2D eigenvalue weighted by Gasteiger charge is 2.42. The summed E-state index contributed by atoms with van der Waals surface area (Å²) in [5.74, 6) is -4.52. The summed E-state index contributed by atoms with van der Waals surface area (Å²) in [6.07, 6.45) is -2.82. The molecule has 3 N–H and O–H groups in total. The molecule has 0 saturated carbocycles. The summed E-state index contributed by atoms with van der Waals surface area (Å²) in [5, 5.41) is 2.57. The van der Waals surface area contributed by atoms with Crippen molar-refractivity contribution in [2.45, 2.75) is 38.1 Å². The number of ether oxygens (including phenoxy) is 1. The van der Waals surface area contributed by atoms with Crippen LogP contribution in [0, 0.1) is 6.92 Å². The third-order valence-electron chi connectivity index (χ3n) is 4.60. The molecule has 2 aromatic heterocycles. The van der Waals surface area contributed by atoms with E-state index in [9.17, 15) is 26.7 Å². The van der Waals surface area contributed by atoms with E-state index < -0.39 is 36.5 Å². The van der Waals surface area contributed by atoms with E-state index in [0.29, 0.717) is 5.56 Å². The lowest BCUT2D eigenvalue weighted by Gasteiger charge is -2.39. The van der Waals surface area contributed by atoms with Gasteiger partial charge in [-0.2, -0.15) is 0 Å². The Balaban J connectivity index is 1.83. The number of nitrogens with one attached hydrogen (secondary N) is 1. The van der Waals surface area contributed by atoms with Crippen LogP contribution >= 0.6 is 0 Å². The average Bonchev–Trinajstić information content (AvgIpc) is 2.67. The maximum absolute atomic E-state index is 13.9. The molecule has 3 rings (SSSR count). The van der Waals surface area contributed by atoms with Gasteiger partial charge in [-0.3, -0.25) is 4.79 Å². The van der Waals surface area contributed by atoms with Gasteiger partial charge in [0.25, 0.3) is 11.8 Å². The van der Waals surface area contributed by atoms with Gasteiger partial charge in [-0.1, -0.05) is 0 Å². The molecule has 1 atom stereocenters. The van der Waals surface area contributed by atoms with Gasteiger partial charge < -0.3 is 20.7 Å². The number of anilines is 2. The van der Waals surface area contributed by atoms with Crippen LogP contribution in [-0.4, -0.2) is 57.2 Å². The van der Waals surface area contributed by atoms with Gasteiger partial charge in [0.1, 0.15) is 17.3 Å². The molecule has 0 aromatic carbocycles. The molecule has 31 heavy (non-hydrogen) atoms. The number of amides is 1. The zero-order valence-corrected chi connectivity index (χ0v) is 16.3. The van der Waals surface area contributed by atoms with E-state index >= 15 is 0 Å². The Labute approximate surface area is 173 Å². The molecule has 3 heterocycles. The second-order valence-corrected chi connectivity index (χ2v) is 6.99. The van der Waals surface area contributed by atoms with Crippen molar-refractivity contribution < 1.29 is 31.5 Å². The van der Waals surface area contributed by atoms with Gasteiger partial charge in [0.05, 0.1) is 6.54 Å². The zero-order chi connectivity index (χ0) is 22.8. The van der Waals surface area contributed by atoms with E-state index in [1.165, 1.54) is 13.1 Å². The lowest BCUT2D eigenvalue weighted by Crippen LogP contribution is -2.54. The molecule has 1 aliphatic rings. The molecular formula is C18H19F5N6O2. The van der Waals surface area contributed by atoms with Gasteiger partial charge in [-0.25, -0.2) is 23.7 Å². The molecule has 0 bridgehead atoms. The zero-order valence-electron chi connectivity index (χ0n) is 16.3. The van der Waals surface area contributed by atoms with E-state index in [2.05, 4.69) is 25.0 Å². The summed E-state index contributed by atoms with van der Waals surface area (Å²) in [6, 6.07) is 1.41. The number of halogens is 5. The number of carbonyl (C=O) groups excluding carboxylic acids is 1. The average molecular weight is 446 g/mol. The fourth-order valence-corrected chi connectivity index (χ4v) is 3.12. The number of nitrogens with zero attached hydrogens (tertiary/aromatic N) is 4. The number of pyridine rings is 1. The van der Waals surface area contributed by atoms with Gasteiger partial charge in [0.15, 0.2) is 0 Å². The predicted octanol–water partition coefficient (Wildman–Crippen LogP) is 3.02. The van der Waals surface area contributed by atoms with Crippen LogP contribution in [0.15, 0.2) is 24.5 Å². The molecule has 0 spiro atoms. The topological polar surface area (TPSA) is 106 Å². The van der Waals surface area contributed by atoms with Crippen molar-refractivity contribution in [3.05, 3.63) is 35.8 Å². The summed E-state index contributed by atoms with van der Waals surface area (Å²) < 4.78 is 68.7. The van der Waals surface area contributed by atoms with E-state index in [1.807, 2.05) is 0 Å². The molecule has 1 saturated heterocycles. The smallest absolute Gasteiger partial charge is 0.406 e. The molecular weight excluding hydrogens is 427 g/mol. The van der Waals surface area contributed by atoms with Crippen molar-refractivity contribution in [1.29, 1.82) is 0 Å². The Morgan fingerprint density at radius 1 is 1.39 bits per heavy atom. The van der Waals surface area contributed by atoms with Gasteiger partial charge in [0.2, 0.25) is 5.95 Å². The first-order valence-corrected chi connectivity index (χ1v) is 9.19. The normalized spacial score (nSPS) is 18.5. The fraction of sp³-hybridized carbons (Fsp3) is 0.444. The molecule has 2 aromatic rings. The summed E-state index contributed by atoms with van der Waals surface area (Å²) in [4.78, 5) is 25.8. The van der Waals surface area contributed by atoms with Crippen molar-refractivity contribution in [2.75, 3.05) is 18.4 Å². The van der Waals surface area contributed by atoms with Crippen LogP contribution in [0.3, 0.4) is 0 Å². The highest BCUT2D eigenvalue weighted by Crippen LogP contribution is 2.31. The Kier molecular flexibility index (Phi) is 6.25. The highest BCUT2D eigenvalue weighted by molar-refractivity contribution is 5.94. The van der Waals surface area contributed by atoms with Crippen LogP contribution in [0.25, 0.3) is 0 Å². The first-order chi connectivity index (χ1) is 14.5. The number of aryl methyl sites for hydroxylation is 1. The van der Waals surface area contributed by atoms with E-state index in [0.717, 1.165) is 23.2 Å². The molecule has 1 fully saturated rings. The minimum atomic E-state index is -4.88. The van der Waals surface area contributed by atoms with Gasteiger partial charge >= 0.3 is 6.36 Å². The molecule has 1 amide bonds. The number of carbonyl (C=O) groups is 1. The lowest BCUT2D eigenvalue weighted by atomic mass is 9.98. The van der Waals surface area contributed by atoms with Crippen molar-refractivity contribution in [3.8, 4) is 5.75 Å².